The minimum absolute atomic E-state index is 0.103. The van der Waals surface area contributed by atoms with E-state index in [9.17, 15) is 14.4 Å². The molecule has 23 heavy (non-hydrogen) atoms. The molecule has 2 heterocycles. The molecule has 6 nitrogen and oxygen atoms in total. The van der Waals surface area contributed by atoms with Gasteiger partial charge in [0.15, 0.2) is 5.13 Å². The highest BCUT2D eigenvalue weighted by molar-refractivity contribution is 8.01. The number of hydrogen-bond donors (Lipinski definition) is 1. The van der Waals surface area contributed by atoms with Gasteiger partial charge in [0, 0.05) is 18.0 Å². The van der Waals surface area contributed by atoms with Gasteiger partial charge in [-0.1, -0.05) is 18.2 Å². The van der Waals surface area contributed by atoms with Crippen molar-refractivity contribution in [2.24, 2.45) is 0 Å². The Labute approximate surface area is 140 Å². The van der Waals surface area contributed by atoms with Crippen LogP contribution in [0.15, 0.2) is 41.9 Å². The lowest BCUT2D eigenvalue weighted by atomic mass is 10.3. The first-order valence-electron chi connectivity index (χ1n) is 6.88. The number of carbonyl (C=O) groups excluding carboxylic acids is 3. The van der Waals surface area contributed by atoms with E-state index in [0.717, 1.165) is 0 Å². The number of rotatable bonds is 5. The van der Waals surface area contributed by atoms with Crippen LogP contribution in [0.25, 0.3) is 0 Å². The number of aromatic nitrogens is 1. The number of thiazole rings is 1. The summed E-state index contributed by atoms with van der Waals surface area (Å²) in [4.78, 5) is 41.5. The monoisotopic (exact) mass is 347 g/mol. The second-order valence-electron chi connectivity index (χ2n) is 4.79. The number of amides is 3. The standard InChI is InChI=1S/C15H13N3O3S2/c19-12(17-15-16-6-7-22-15)9-23-11-8-13(20)18(14(11)21)10-4-2-1-3-5-10/h1-7,11H,8-9H2,(H,16,17,19)/t11-/m1/s1. The van der Waals surface area contributed by atoms with Gasteiger partial charge in [0.1, 0.15) is 0 Å². The lowest BCUT2D eigenvalue weighted by Gasteiger charge is -2.14. The van der Waals surface area contributed by atoms with E-state index >= 15 is 0 Å². The highest BCUT2D eigenvalue weighted by Crippen LogP contribution is 2.29. The van der Waals surface area contributed by atoms with Gasteiger partial charge in [-0.15, -0.1) is 23.1 Å². The van der Waals surface area contributed by atoms with E-state index in [1.54, 1.807) is 35.8 Å². The maximum atomic E-state index is 12.4. The Morgan fingerprint density at radius 1 is 1.35 bits per heavy atom. The van der Waals surface area contributed by atoms with Gasteiger partial charge >= 0.3 is 0 Å². The molecule has 1 fully saturated rings. The summed E-state index contributed by atoms with van der Waals surface area (Å²) in [5.41, 5.74) is 0.567. The lowest BCUT2D eigenvalue weighted by Crippen LogP contribution is -2.31. The third-order valence-electron chi connectivity index (χ3n) is 3.21. The summed E-state index contributed by atoms with van der Waals surface area (Å²) in [7, 11) is 0. The van der Waals surface area contributed by atoms with Crippen molar-refractivity contribution in [1.82, 2.24) is 4.98 Å². The molecule has 3 amide bonds. The molecule has 1 N–H and O–H groups in total. The smallest absolute Gasteiger partial charge is 0.247 e. The van der Waals surface area contributed by atoms with Crippen LogP contribution in [0.2, 0.25) is 0 Å². The summed E-state index contributed by atoms with van der Waals surface area (Å²) in [6.07, 6.45) is 1.72. The number of anilines is 2. The van der Waals surface area contributed by atoms with Crippen LogP contribution in [0.1, 0.15) is 6.42 Å². The Bertz CT molecular complexity index is 719. The van der Waals surface area contributed by atoms with E-state index < -0.39 is 5.25 Å². The van der Waals surface area contributed by atoms with Crippen LogP contribution in [0.4, 0.5) is 10.8 Å². The van der Waals surface area contributed by atoms with Gasteiger partial charge in [0.05, 0.1) is 16.7 Å². The van der Waals surface area contributed by atoms with Crippen LogP contribution in [0.3, 0.4) is 0 Å². The number of benzene rings is 1. The second-order valence-corrected chi connectivity index (χ2v) is 6.88. The van der Waals surface area contributed by atoms with E-state index in [0.29, 0.717) is 10.8 Å². The summed E-state index contributed by atoms with van der Waals surface area (Å²) in [6.45, 7) is 0. The van der Waals surface area contributed by atoms with Crippen molar-refractivity contribution in [3.63, 3.8) is 0 Å². The lowest BCUT2D eigenvalue weighted by molar-refractivity contribution is -0.121. The average Bonchev–Trinajstić information content (AvgIpc) is 3.14. The zero-order chi connectivity index (χ0) is 16.2. The SMILES string of the molecule is O=C(CS[C@@H]1CC(=O)N(c2ccccc2)C1=O)Nc1nccs1. The minimum atomic E-state index is -0.523. The van der Waals surface area contributed by atoms with Gasteiger partial charge in [0.2, 0.25) is 17.7 Å². The molecule has 1 aromatic heterocycles. The topological polar surface area (TPSA) is 79.4 Å². The molecule has 0 unspecified atom stereocenters. The molecule has 1 aliphatic heterocycles. The van der Waals surface area contributed by atoms with Gasteiger partial charge in [0.25, 0.3) is 0 Å². The minimum Gasteiger partial charge on any atom is -0.301 e. The number of carbonyl (C=O) groups is 3. The van der Waals surface area contributed by atoms with E-state index in [4.69, 9.17) is 0 Å². The maximum absolute atomic E-state index is 12.4. The first kappa shape index (κ1) is 15.7. The Balaban J connectivity index is 1.58. The fourth-order valence-corrected chi connectivity index (χ4v) is 3.68. The summed E-state index contributed by atoms with van der Waals surface area (Å²) in [5, 5.41) is 4.42. The second kappa shape index (κ2) is 6.93. The first-order valence-corrected chi connectivity index (χ1v) is 8.81. The quantitative estimate of drug-likeness (QED) is 0.839. The fourth-order valence-electron chi connectivity index (χ4n) is 2.20. The van der Waals surface area contributed by atoms with Gasteiger partial charge in [-0.2, -0.15) is 0 Å². The van der Waals surface area contributed by atoms with Crippen molar-refractivity contribution in [3.8, 4) is 0 Å². The Morgan fingerprint density at radius 2 is 2.13 bits per heavy atom. The third kappa shape index (κ3) is 3.59. The van der Waals surface area contributed by atoms with Crippen molar-refractivity contribution in [1.29, 1.82) is 0 Å². The number of thioether (sulfide) groups is 1. The number of nitrogens with one attached hydrogen (secondary N) is 1. The molecular formula is C15H13N3O3S2. The van der Waals surface area contributed by atoms with E-state index in [1.807, 2.05) is 6.07 Å². The molecule has 0 spiro atoms. The summed E-state index contributed by atoms with van der Waals surface area (Å²) < 4.78 is 0. The molecule has 0 aliphatic carbocycles. The highest BCUT2D eigenvalue weighted by Gasteiger charge is 2.39. The van der Waals surface area contributed by atoms with E-state index in [1.165, 1.54) is 28.0 Å². The zero-order valence-electron chi connectivity index (χ0n) is 12.0. The molecular weight excluding hydrogens is 334 g/mol. The summed E-state index contributed by atoms with van der Waals surface area (Å²) in [5.74, 6) is -0.637. The fraction of sp³-hybridized carbons (Fsp3) is 0.200. The van der Waals surface area contributed by atoms with Crippen molar-refractivity contribution in [2.45, 2.75) is 11.7 Å². The molecule has 0 radical (unpaired) electrons. The number of para-hydroxylation sites is 1. The maximum Gasteiger partial charge on any atom is 0.247 e. The molecule has 3 rings (SSSR count). The van der Waals surface area contributed by atoms with Gasteiger partial charge in [-0.25, -0.2) is 9.88 Å². The largest absolute Gasteiger partial charge is 0.301 e. The molecule has 2 aromatic rings. The number of nitrogens with zero attached hydrogens (tertiary/aromatic N) is 2. The van der Waals surface area contributed by atoms with Crippen LogP contribution in [0.5, 0.6) is 0 Å². The Hall–Kier alpha value is -2.19. The summed E-state index contributed by atoms with van der Waals surface area (Å²) in [6, 6.07) is 8.81. The predicted octanol–water partition coefficient (Wildman–Crippen LogP) is 2.15. The van der Waals surface area contributed by atoms with E-state index in [-0.39, 0.29) is 29.9 Å². The van der Waals surface area contributed by atoms with Crippen molar-refractivity contribution in [2.75, 3.05) is 16.0 Å². The summed E-state index contributed by atoms with van der Waals surface area (Å²) >= 11 is 2.50. The van der Waals surface area contributed by atoms with Crippen LogP contribution in [-0.4, -0.2) is 33.7 Å². The molecule has 0 bridgehead atoms. The Morgan fingerprint density at radius 3 is 2.83 bits per heavy atom. The van der Waals surface area contributed by atoms with Crippen LogP contribution < -0.4 is 10.2 Å². The molecule has 118 valence electrons. The molecule has 1 aromatic carbocycles. The molecule has 1 atom stereocenters. The van der Waals surface area contributed by atoms with Crippen LogP contribution in [0, 0.1) is 0 Å². The number of hydrogen-bond acceptors (Lipinski definition) is 6. The van der Waals surface area contributed by atoms with Crippen molar-refractivity contribution >= 4 is 51.6 Å². The third-order valence-corrected chi connectivity index (χ3v) is 5.10. The molecule has 8 heteroatoms. The first-order chi connectivity index (χ1) is 11.1. The highest BCUT2D eigenvalue weighted by atomic mass is 32.2. The van der Waals surface area contributed by atoms with Gasteiger partial charge < -0.3 is 5.32 Å². The number of imide groups is 1. The van der Waals surface area contributed by atoms with Crippen molar-refractivity contribution in [3.05, 3.63) is 41.9 Å². The normalized spacial score (nSPS) is 17.6. The van der Waals surface area contributed by atoms with Gasteiger partial charge in [-0.05, 0) is 12.1 Å². The Kier molecular flexibility index (Phi) is 4.73. The van der Waals surface area contributed by atoms with E-state index in [2.05, 4.69) is 10.3 Å². The zero-order valence-corrected chi connectivity index (χ0v) is 13.6. The molecule has 1 saturated heterocycles. The van der Waals surface area contributed by atoms with Crippen LogP contribution >= 0.6 is 23.1 Å². The molecule has 1 aliphatic rings. The average molecular weight is 347 g/mol. The molecule has 0 saturated carbocycles. The van der Waals surface area contributed by atoms with Crippen LogP contribution in [-0.2, 0) is 14.4 Å². The van der Waals surface area contributed by atoms with Gasteiger partial charge in [-0.3, -0.25) is 14.4 Å². The van der Waals surface area contributed by atoms with Crippen molar-refractivity contribution < 1.29 is 14.4 Å². The predicted molar refractivity (Wildman–Crippen MR) is 90.5 cm³/mol.